The first kappa shape index (κ1) is 14.6. The van der Waals surface area contributed by atoms with E-state index in [2.05, 4.69) is 40.2 Å². The highest BCUT2D eigenvalue weighted by Gasteiger charge is 2.13. The fourth-order valence-corrected chi connectivity index (χ4v) is 3.22. The number of ether oxygens (including phenoxy) is 1. The minimum Gasteiger partial charge on any atom is -0.457 e. The Labute approximate surface area is 134 Å². The molecule has 110 valence electrons. The Hall–Kier alpha value is -1.32. The van der Waals surface area contributed by atoms with Gasteiger partial charge in [0.05, 0.1) is 0 Å². The van der Waals surface area contributed by atoms with Crippen molar-refractivity contribution in [3.63, 3.8) is 0 Å². The molecule has 2 nitrogen and oxygen atoms in total. The second-order valence-corrected chi connectivity index (χ2v) is 6.74. The van der Waals surface area contributed by atoms with Crippen LogP contribution in [0.2, 0.25) is 0 Å². The molecule has 3 heteroatoms. The molecular weight excluding hydrogens is 326 g/mol. The molecule has 1 atom stereocenters. The normalized spacial score (nSPS) is 14.8. The average Bonchev–Trinajstić information content (AvgIpc) is 2.89. The first-order valence-corrected chi connectivity index (χ1v) is 8.25. The van der Waals surface area contributed by atoms with E-state index in [0.717, 1.165) is 34.4 Å². The molecule has 2 N–H and O–H groups in total. The van der Waals surface area contributed by atoms with Gasteiger partial charge < -0.3 is 10.5 Å². The minimum absolute atomic E-state index is 0.119. The van der Waals surface area contributed by atoms with Gasteiger partial charge in [0.1, 0.15) is 11.5 Å². The molecule has 0 radical (unpaired) electrons. The third-order valence-electron chi connectivity index (χ3n) is 3.87. The summed E-state index contributed by atoms with van der Waals surface area (Å²) in [5, 5.41) is 0. The number of benzene rings is 2. The van der Waals surface area contributed by atoms with Gasteiger partial charge in [-0.2, -0.15) is 0 Å². The lowest BCUT2D eigenvalue weighted by Gasteiger charge is -2.14. The van der Waals surface area contributed by atoms with Crippen molar-refractivity contribution in [1.29, 1.82) is 0 Å². The van der Waals surface area contributed by atoms with E-state index in [0.29, 0.717) is 0 Å². The van der Waals surface area contributed by atoms with Crippen LogP contribution in [0.3, 0.4) is 0 Å². The Balaban J connectivity index is 1.88. The molecular formula is C18H20BrNO. The summed E-state index contributed by atoms with van der Waals surface area (Å²) in [6, 6.07) is 12.7. The molecule has 21 heavy (non-hydrogen) atoms. The molecule has 0 bridgehead atoms. The van der Waals surface area contributed by atoms with Crippen LogP contribution in [0.4, 0.5) is 0 Å². The van der Waals surface area contributed by atoms with Gasteiger partial charge in [-0.1, -0.05) is 28.1 Å². The zero-order valence-corrected chi connectivity index (χ0v) is 13.8. The third-order valence-corrected chi connectivity index (χ3v) is 4.36. The summed E-state index contributed by atoms with van der Waals surface area (Å²) in [5.41, 5.74) is 9.97. The lowest BCUT2D eigenvalue weighted by molar-refractivity contribution is 0.473. The van der Waals surface area contributed by atoms with Crippen LogP contribution in [0.5, 0.6) is 11.5 Å². The molecule has 1 aliphatic carbocycles. The Bertz CT molecular complexity index is 652. The van der Waals surface area contributed by atoms with Crippen LogP contribution in [0.15, 0.2) is 40.9 Å². The second kappa shape index (κ2) is 6.20. The molecule has 0 amide bonds. The Morgan fingerprint density at radius 2 is 1.95 bits per heavy atom. The Morgan fingerprint density at radius 1 is 1.14 bits per heavy atom. The predicted octanol–water partition coefficient (Wildman–Crippen LogP) is 4.62. The van der Waals surface area contributed by atoms with Gasteiger partial charge in [0, 0.05) is 10.5 Å². The van der Waals surface area contributed by atoms with Gasteiger partial charge in [-0.25, -0.2) is 0 Å². The molecule has 0 aromatic heterocycles. The lowest BCUT2D eigenvalue weighted by atomic mass is 10.1. The molecule has 0 fully saturated rings. The number of halogens is 1. The van der Waals surface area contributed by atoms with Crippen molar-refractivity contribution in [2.75, 3.05) is 0 Å². The summed E-state index contributed by atoms with van der Waals surface area (Å²) in [4.78, 5) is 0. The van der Waals surface area contributed by atoms with E-state index in [1.54, 1.807) is 0 Å². The van der Waals surface area contributed by atoms with E-state index < -0.39 is 0 Å². The molecule has 2 aromatic carbocycles. The molecule has 0 saturated carbocycles. The summed E-state index contributed by atoms with van der Waals surface area (Å²) in [6.45, 7) is 2.02. The first-order chi connectivity index (χ1) is 10.1. The van der Waals surface area contributed by atoms with Crippen LogP contribution in [-0.2, 0) is 19.3 Å². The second-order valence-electron chi connectivity index (χ2n) is 5.82. The van der Waals surface area contributed by atoms with Crippen LogP contribution in [0.1, 0.15) is 30.0 Å². The molecule has 0 aliphatic heterocycles. The van der Waals surface area contributed by atoms with Gasteiger partial charge in [-0.15, -0.1) is 0 Å². The van der Waals surface area contributed by atoms with E-state index in [4.69, 9.17) is 10.5 Å². The molecule has 0 spiro atoms. The van der Waals surface area contributed by atoms with Gasteiger partial charge in [-0.05, 0) is 73.6 Å². The summed E-state index contributed by atoms with van der Waals surface area (Å²) >= 11 is 3.51. The standard InChI is InChI=1S/C18H20BrNO/c1-12(20)9-15-5-7-16(19)11-18(15)21-17-8-6-13-3-2-4-14(13)10-17/h5-8,10-12H,2-4,9,20H2,1H3. The fraction of sp³-hybridized carbons (Fsp3) is 0.333. The quantitative estimate of drug-likeness (QED) is 0.877. The summed E-state index contributed by atoms with van der Waals surface area (Å²) < 4.78 is 7.15. The Morgan fingerprint density at radius 3 is 2.76 bits per heavy atom. The third kappa shape index (κ3) is 3.47. The molecule has 3 rings (SSSR count). The first-order valence-electron chi connectivity index (χ1n) is 7.45. The smallest absolute Gasteiger partial charge is 0.131 e. The number of hydrogen-bond donors (Lipinski definition) is 1. The highest BCUT2D eigenvalue weighted by Crippen LogP contribution is 2.32. The van der Waals surface area contributed by atoms with Crippen molar-refractivity contribution < 1.29 is 4.74 Å². The van der Waals surface area contributed by atoms with E-state index >= 15 is 0 Å². The van der Waals surface area contributed by atoms with E-state index in [9.17, 15) is 0 Å². The molecule has 2 aromatic rings. The maximum atomic E-state index is 6.13. The van der Waals surface area contributed by atoms with Crippen molar-refractivity contribution in [2.24, 2.45) is 5.73 Å². The highest BCUT2D eigenvalue weighted by molar-refractivity contribution is 9.10. The van der Waals surface area contributed by atoms with Gasteiger partial charge in [-0.3, -0.25) is 0 Å². The van der Waals surface area contributed by atoms with Crippen molar-refractivity contribution in [1.82, 2.24) is 0 Å². The molecule has 0 saturated heterocycles. The summed E-state index contributed by atoms with van der Waals surface area (Å²) in [5.74, 6) is 1.80. The van der Waals surface area contributed by atoms with E-state index in [-0.39, 0.29) is 6.04 Å². The number of nitrogens with two attached hydrogens (primary N) is 1. The SMILES string of the molecule is CC(N)Cc1ccc(Br)cc1Oc1ccc2c(c1)CCC2. The van der Waals surface area contributed by atoms with Crippen molar-refractivity contribution in [3.05, 3.63) is 57.6 Å². The maximum Gasteiger partial charge on any atom is 0.131 e. The minimum atomic E-state index is 0.119. The Kier molecular flexibility index (Phi) is 4.32. The number of rotatable bonds is 4. The van der Waals surface area contributed by atoms with E-state index in [1.165, 1.54) is 24.0 Å². The summed E-state index contributed by atoms with van der Waals surface area (Å²) in [6.07, 6.45) is 4.43. The topological polar surface area (TPSA) is 35.2 Å². The average molecular weight is 346 g/mol. The zero-order chi connectivity index (χ0) is 14.8. The number of fused-ring (bicyclic) bond motifs is 1. The lowest BCUT2D eigenvalue weighted by Crippen LogP contribution is -2.18. The van der Waals surface area contributed by atoms with Crippen LogP contribution in [-0.4, -0.2) is 6.04 Å². The largest absolute Gasteiger partial charge is 0.457 e. The fourth-order valence-electron chi connectivity index (χ4n) is 2.88. The highest BCUT2D eigenvalue weighted by atomic mass is 79.9. The predicted molar refractivity (Wildman–Crippen MR) is 90.0 cm³/mol. The molecule has 1 aliphatic rings. The molecule has 0 heterocycles. The van der Waals surface area contributed by atoms with Gasteiger partial charge >= 0.3 is 0 Å². The van der Waals surface area contributed by atoms with Crippen LogP contribution < -0.4 is 10.5 Å². The maximum absolute atomic E-state index is 6.13. The van der Waals surface area contributed by atoms with Crippen molar-refractivity contribution >= 4 is 15.9 Å². The van der Waals surface area contributed by atoms with Crippen LogP contribution >= 0.6 is 15.9 Å². The van der Waals surface area contributed by atoms with Gasteiger partial charge in [0.15, 0.2) is 0 Å². The van der Waals surface area contributed by atoms with Gasteiger partial charge in [0.25, 0.3) is 0 Å². The number of aryl methyl sites for hydroxylation is 2. The van der Waals surface area contributed by atoms with E-state index in [1.807, 2.05) is 19.1 Å². The number of hydrogen-bond acceptors (Lipinski definition) is 2. The zero-order valence-electron chi connectivity index (χ0n) is 12.2. The molecule has 1 unspecified atom stereocenters. The monoisotopic (exact) mass is 345 g/mol. The summed E-state index contributed by atoms with van der Waals surface area (Å²) in [7, 11) is 0. The van der Waals surface area contributed by atoms with Crippen molar-refractivity contribution in [3.8, 4) is 11.5 Å². The van der Waals surface area contributed by atoms with Crippen LogP contribution in [0, 0.1) is 0 Å². The van der Waals surface area contributed by atoms with Crippen LogP contribution in [0.25, 0.3) is 0 Å². The van der Waals surface area contributed by atoms with Crippen molar-refractivity contribution in [2.45, 2.75) is 38.6 Å². The van der Waals surface area contributed by atoms with Gasteiger partial charge in [0.2, 0.25) is 0 Å².